The number of amides is 1. The molecule has 2 N–H and O–H groups in total. The van der Waals surface area contributed by atoms with Gasteiger partial charge in [-0.3, -0.25) is 4.79 Å². The van der Waals surface area contributed by atoms with E-state index in [1.807, 2.05) is 0 Å². The number of hydrogen-bond donors (Lipinski definition) is 2. The summed E-state index contributed by atoms with van der Waals surface area (Å²) in [5, 5.41) is 6.22. The van der Waals surface area contributed by atoms with Gasteiger partial charge >= 0.3 is 0 Å². The highest BCUT2D eigenvalue weighted by molar-refractivity contribution is 7.89. The lowest BCUT2D eigenvalue weighted by Gasteiger charge is -2.26. The van der Waals surface area contributed by atoms with E-state index < -0.39 is 10.0 Å². The number of morpholine rings is 1. The van der Waals surface area contributed by atoms with E-state index in [9.17, 15) is 13.2 Å². The van der Waals surface area contributed by atoms with Gasteiger partial charge in [-0.2, -0.15) is 4.31 Å². The Balaban J connectivity index is 1.69. The number of sulfonamides is 1. The summed E-state index contributed by atoms with van der Waals surface area (Å²) in [5.74, 6) is 0.375. The van der Waals surface area contributed by atoms with E-state index in [4.69, 9.17) is 4.74 Å². The van der Waals surface area contributed by atoms with E-state index in [0.29, 0.717) is 49.9 Å². The van der Waals surface area contributed by atoms with Crippen LogP contribution in [0.1, 0.15) is 28.8 Å². The van der Waals surface area contributed by atoms with Crippen molar-refractivity contribution in [3.05, 3.63) is 29.3 Å². The lowest BCUT2D eigenvalue weighted by Crippen LogP contribution is -2.41. The number of rotatable bonds is 6. The molecule has 8 heteroatoms. The van der Waals surface area contributed by atoms with Crippen molar-refractivity contribution >= 4 is 15.9 Å². The molecule has 0 bridgehead atoms. The van der Waals surface area contributed by atoms with Gasteiger partial charge < -0.3 is 15.4 Å². The molecule has 0 spiro atoms. The molecule has 1 amide bonds. The minimum absolute atomic E-state index is 0.201. The Kier molecular flexibility index (Phi) is 6.29. The fourth-order valence-corrected chi connectivity index (χ4v) is 5.06. The minimum atomic E-state index is -3.62. The van der Waals surface area contributed by atoms with Crippen LogP contribution in [-0.4, -0.2) is 64.6 Å². The molecular weight excluding hydrogens is 354 g/mol. The van der Waals surface area contributed by atoms with Crippen molar-refractivity contribution in [1.29, 1.82) is 0 Å². The number of ether oxygens (including phenoxy) is 1. The summed E-state index contributed by atoms with van der Waals surface area (Å²) in [7, 11) is -3.62. The van der Waals surface area contributed by atoms with Crippen molar-refractivity contribution in [3.8, 4) is 0 Å². The highest BCUT2D eigenvalue weighted by Gasteiger charge is 2.28. The molecule has 1 aromatic rings. The van der Waals surface area contributed by atoms with Crippen molar-refractivity contribution in [2.24, 2.45) is 5.92 Å². The first-order chi connectivity index (χ1) is 12.5. The standard InChI is InChI=1S/C18H27N3O4S/c1-14-2-3-16(18(22)20-7-5-15-4-6-19-13-15)12-17(14)26(23,24)21-8-10-25-11-9-21/h2-3,12,15,19H,4-11,13H2,1H3,(H,20,22). The minimum Gasteiger partial charge on any atom is -0.379 e. The summed E-state index contributed by atoms with van der Waals surface area (Å²) in [6.07, 6.45) is 2.08. The third-order valence-electron chi connectivity index (χ3n) is 5.04. The van der Waals surface area contributed by atoms with Gasteiger partial charge in [0, 0.05) is 25.2 Å². The van der Waals surface area contributed by atoms with Crippen molar-refractivity contribution in [1.82, 2.24) is 14.9 Å². The Hall–Kier alpha value is -1.48. The summed E-state index contributed by atoms with van der Waals surface area (Å²) in [6, 6.07) is 4.87. The molecule has 2 aliphatic heterocycles. The largest absolute Gasteiger partial charge is 0.379 e. The van der Waals surface area contributed by atoms with Gasteiger partial charge in [-0.1, -0.05) is 6.07 Å². The van der Waals surface area contributed by atoms with Crippen LogP contribution < -0.4 is 10.6 Å². The summed E-state index contributed by atoms with van der Waals surface area (Å²) in [6.45, 7) is 5.87. The molecule has 1 atom stereocenters. The molecule has 1 aromatic carbocycles. The van der Waals surface area contributed by atoms with Gasteiger partial charge in [0.1, 0.15) is 0 Å². The molecule has 0 saturated carbocycles. The number of nitrogens with one attached hydrogen (secondary N) is 2. The molecule has 2 fully saturated rings. The number of carbonyl (C=O) groups excluding carboxylic acids is 1. The smallest absolute Gasteiger partial charge is 0.251 e. The second-order valence-electron chi connectivity index (χ2n) is 6.90. The summed E-state index contributed by atoms with van der Waals surface area (Å²) >= 11 is 0. The normalized spacial score (nSPS) is 21.7. The Bertz CT molecular complexity index is 739. The Labute approximate surface area is 155 Å². The maximum Gasteiger partial charge on any atom is 0.251 e. The molecule has 1 unspecified atom stereocenters. The maximum absolute atomic E-state index is 12.9. The summed E-state index contributed by atoms with van der Waals surface area (Å²) < 4.78 is 32.5. The maximum atomic E-state index is 12.9. The van der Waals surface area contributed by atoms with Crippen molar-refractivity contribution in [2.75, 3.05) is 45.9 Å². The van der Waals surface area contributed by atoms with Gasteiger partial charge in [0.2, 0.25) is 10.0 Å². The summed E-state index contributed by atoms with van der Waals surface area (Å²) in [5.41, 5.74) is 1.03. The van der Waals surface area contributed by atoms with Crippen LogP contribution >= 0.6 is 0 Å². The van der Waals surface area contributed by atoms with Crippen LogP contribution in [0.15, 0.2) is 23.1 Å². The van der Waals surface area contributed by atoms with E-state index >= 15 is 0 Å². The highest BCUT2D eigenvalue weighted by Crippen LogP contribution is 2.22. The third-order valence-corrected chi connectivity index (χ3v) is 7.08. The van der Waals surface area contributed by atoms with Crippen LogP contribution in [0.2, 0.25) is 0 Å². The van der Waals surface area contributed by atoms with E-state index in [1.54, 1.807) is 19.1 Å². The first-order valence-corrected chi connectivity index (χ1v) is 10.6. The molecule has 0 aliphatic carbocycles. The third kappa shape index (κ3) is 4.43. The Morgan fingerprint density at radius 1 is 1.35 bits per heavy atom. The zero-order valence-electron chi connectivity index (χ0n) is 15.2. The van der Waals surface area contributed by atoms with Crippen molar-refractivity contribution in [2.45, 2.75) is 24.7 Å². The van der Waals surface area contributed by atoms with Crippen LogP contribution in [-0.2, 0) is 14.8 Å². The average molecular weight is 381 g/mol. The fourth-order valence-electron chi connectivity index (χ4n) is 3.40. The SMILES string of the molecule is Cc1ccc(C(=O)NCCC2CCNC2)cc1S(=O)(=O)N1CCOCC1. The molecule has 2 heterocycles. The quantitative estimate of drug-likeness (QED) is 0.759. The summed E-state index contributed by atoms with van der Waals surface area (Å²) in [4.78, 5) is 12.6. The number of hydrogen-bond acceptors (Lipinski definition) is 5. The van der Waals surface area contributed by atoms with E-state index in [1.165, 1.54) is 10.4 Å². The van der Waals surface area contributed by atoms with E-state index in [2.05, 4.69) is 10.6 Å². The van der Waals surface area contributed by atoms with Crippen LogP contribution in [0.5, 0.6) is 0 Å². The fraction of sp³-hybridized carbons (Fsp3) is 0.611. The molecule has 26 heavy (non-hydrogen) atoms. The van der Waals surface area contributed by atoms with Crippen LogP contribution in [0, 0.1) is 12.8 Å². The highest BCUT2D eigenvalue weighted by atomic mass is 32.2. The number of nitrogens with zero attached hydrogens (tertiary/aromatic N) is 1. The van der Waals surface area contributed by atoms with Gasteiger partial charge in [0.15, 0.2) is 0 Å². The lowest BCUT2D eigenvalue weighted by molar-refractivity contribution is 0.0730. The van der Waals surface area contributed by atoms with Gasteiger partial charge in [0.25, 0.3) is 5.91 Å². The van der Waals surface area contributed by atoms with Crippen LogP contribution in [0.25, 0.3) is 0 Å². The molecule has 0 aromatic heterocycles. The van der Waals surface area contributed by atoms with Gasteiger partial charge in [0.05, 0.1) is 18.1 Å². The molecule has 3 rings (SSSR count). The predicted octanol–water partition coefficient (Wildman–Crippen LogP) is 0.745. The Morgan fingerprint density at radius 3 is 2.81 bits per heavy atom. The first-order valence-electron chi connectivity index (χ1n) is 9.16. The van der Waals surface area contributed by atoms with E-state index in [-0.39, 0.29) is 10.8 Å². The second kappa shape index (κ2) is 8.47. The number of carbonyl (C=O) groups is 1. The molecule has 7 nitrogen and oxygen atoms in total. The van der Waals surface area contributed by atoms with Crippen molar-refractivity contribution in [3.63, 3.8) is 0 Å². The zero-order valence-corrected chi connectivity index (χ0v) is 16.0. The van der Waals surface area contributed by atoms with Gasteiger partial charge in [-0.05, 0) is 56.5 Å². The lowest BCUT2D eigenvalue weighted by atomic mass is 10.1. The molecule has 2 saturated heterocycles. The van der Waals surface area contributed by atoms with Crippen molar-refractivity contribution < 1.29 is 17.9 Å². The molecule has 2 aliphatic rings. The molecular formula is C18H27N3O4S. The van der Waals surface area contributed by atoms with Gasteiger partial charge in [-0.15, -0.1) is 0 Å². The van der Waals surface area contributed by atoms with Gasteiger partial charge in [-0.25, -0.2) is 8.42 Å². The topological polar surface area (TPSA) is 87.7 Å². The first kappa shape index (κ1) is 19.3. The second-order valence-corrected chi connectivity index (χ2v) is 8.81. The van der Waals surface area contributed by atoms with E-state index in [0.717, 1.165) is 25.9 Å². The zero-order chi connectivity index (χ0) is 18.6. The average Bonchev–Trinajstić information content (AvgIpc) is 3.16. The molecule has 144 valence electrons. The van der Waals surface area contributed by atoms with Crippen LogP contribution in [0.3, 0.4) is 0 Å². The number of benzene rings is 1. The number of aryl methyl sites for hydroxylation is 1. The Morgan fingerprint density at radius 2 is 2.12 bits per heavy atom. The monoisotopic (exact) mass is 381 g/mol. The predicted molar refractivity (Wildman–Crippen MR) is 98.7 cm³/mol. The van der Waals surface area contributed by atoms with Crippen LogP contribution in [0.4, 0.5) is 0 Å². The molecule has 0 radical (unpaired) electrons.